The molecule has 1 aliphatic heterocycles. The molecule has 3 aliphatic rings. The highest BCUT2D eigenvalue weighted by Crippen LogP contribution is 2.44. The lowest BCUT2D eigenvalue weighted by Crippen LogP contribution is -2.48. The van der Waals surface area contributed by atoms with Gasteiger partial charge in [0.2, 0.25) is 12.7 Å². The van der Waals surface area contributed by atoms with Gasteiger partial charge in [-0.15, -0.1) is 24.0 Å². The van der Waals surface area contributed by atoms with Gasteiger partial charge in [-0.3, -0.25) is 4.79 Å². The minimum absolute atomic E-state index is 0. The van der Waals surface area contributed by atoms with Crippen molar-refractivity contribution < 1.29 is 14.3 Å². The van der Waals surface area contributed by atoms with Gasteiger partial charge in [-0.05, 0) is 48.8 Å². The van der Waals surface area contributed by atoms with Crippen LogP contribution in [0.4, 0.5) is 0 Å². The van der Waals surface area contributed by atoms with E-state index >= 15 is 0 Å². The van der Waals surface area contributed by atoms with Gasteiger partial charge in [0.1, 0.15) is 0 Å². The number of guanidine groups is 1. The SMILES string of the molecule is CN(C)C(=O)CNC(=NCc1ccc2c(c1)OCO2)NC1CC2CCC1C2.I. The van der Waals surface area contributed by atoms with Crippen LogP contribution in [0.25, 0.3) is 0 Å². The molecule has 8 heteroatoms. The molecule has 1 aromatic rings. The molecule has 154 valence electrons. The van der Waals surface area contributed by atoms with E-state index in [4.69, 9.17) is 14.5 Å². The molecule has 1 aromatic carbocycles. The fraction of sp³-hybridized carbons (Fsp3) is 0.600. The minimum Gasteiger partial charge on any atom is -0.454 e. The molecule has 2 bridgehead atoms. The highest BCUT2D eigenvalue weighted by Gasteiger charge is 2.39. The number of carbonyl (C=O) groups excluding carboxylic acids is 1. The lowest BCUT2D eigenvalue weighted by atomic mass is 9.95. The zero-order valence-corrected chi connectivity index (χ0v) is 18.8. The molecule has 4 rings (SSSR count). The smallest absolute Gasteiger partial charge is 0.241 e. The summed E-state index contributed by atoms with van der Waals surface area (Å²) in [7, 11) is 3.52. The largest absolute Gasteiger partial charge is 0.454 e. The zero-order chi connectivity index (χ0) is 18.8. The van der Waals surface area contributed by atoms with E-state index in [-0.39, 0.29) is 43.2 Å². The van der Waals surface area contributed by atoms with Crippen LogP contribution in [0.1, 0.15) is 31.2 Å². The average molecular weight is 500 g/mol. The van der Waals surface area contributed by atoms with Crippen LogP contribution in [0.2, 0.25) is 0 Å². The maximum atomic E-state index is 12.0. The van der Waals surface area contributed by atoms with Crippen molar-refractivity contribution in [2.24, 2.45) is 16.8 Å². The second-order valence-electron chi connectivity index (χ2n) is 7.92. The van der Waals surface area contributed by atoms with Crippen molar-refractivity contribution in [2.45, 2.75) is 38.3 Å². The fourth-order valence-corrected chi connectivity index (χ4v) is 4.28. The van der Waals surface area contributed by atoms with Crippen LogP contribution in [0, 0.1) is 11.8 Å². The molecule has 0 radical (unpaired) electrons. The first-order chi connectivity index (χ1) is 13.1. The van der Waals surface area contributed by atoms with Crippen molar-refractivity contribution in [1.29, 1.82) is 0 Å². The number of fused-ring (bicyclic) bond motifs is 3. The normalized spacial score (nSPS) is 24.6. The van der Waals surface area contributed by atoms with Crippen molar-refractivity contribution in [3.63, 3.8) is 0 Å². The lowest BCUT2D eigenvalue weighted by molar-refractivity contribution is -0.127. The van der Waals surface area contributed by atoms with Crippen molar-refractivity contribution in [2.75, 3.05) is 27.4 Å². The Bertz CT molecular complexity index is 740. The number of likely N-dealkylation sites (N-methyl/N-ethyl adjacent to an activating group) is 1. The van der Waals surface area contributed by atoms with Gasteiger partial charge in [0, 0.05) is 20.1 Å². The molecule has 2 aliphatic carbocycles. The standard InChI is InChI=1S/C20H28N4O3.HI/c1-24(2)19(25)11-22-20(23-16-8-13-3-5-15(16)7-13)21-10-14-4-6-17-18(9-14)27-12-26-17;/h4,6,9,13,15-16H,3,5,7-8,10-12H2,1-2H3,(H2,21,22,23);1H. The van der Waals surface area contributed by atoms with Gasteiger partial charge in [0.15, 0.2) is 17.5 Å². The van der Waals surface area contributed by atoms with Crippen LogP contribution in [0.15, 0.2) is 23.2 Å². The third kappa shape index (κ3) is 4.82. The first-order valence-corrected chi connectivity index (χ1v) is 9.72. The minimum atomic E-state index is 0. The van der Waals surface area contributed by atoms with Crippen LogP contribution in [0.3, 0.4) is 0 Å². The maximum absolute atomic E-state index is 12.0. The number of amides is 1. The summed E-state index contributed by atoms with van der Waals surface area (Å²) < 4.78 is 10.8. The molecule has 0 spiro atoms. The van der Waals surface area contributed by atoms with Gasteiger partial charge < -0.3 is 25.0 Å². The summed E-state index contributed by atoms with van der Waals surface area (Å²) in [5.74, 6) is 3.86. The van der Waals surface area contributed by atoms with Crippen molar-refractivity contribution in [3.05, 3.63) is 23.8 Å². The molecular formula is C20H29IN4O3. The van der Waals surface area contributed by atoms with Crippen LogP contribution in [0.5, 0.6) is 11.5 Å². The second kappa shape index (κ2) is 9.19. The topological polar surface area (TPSA) is 75.2 Å². The Kier molecular flexibility index (Phi) is 6.90. The van der Waals surface area contributed by atoms with Gasteiger partial charge in [0.25, 0.3) is 0 Å². The molecule has 0 saturated heterocycles. The van der Waals surface area contributed by atoms with Crippen molar-refractivity contribution >= 4 is 35.8 Å². The van der Waals surface area contributed by atoms with E-state index in [0.717, 1.165) is 28.9 Å². The van der Waals surface area contributed by atoms with Crippen LogP contribution < -0.4 is 20.1 Å². The summed E-state index contributed by atoms with van der Waals surface area (Å²) >= 11 is 0. The highest BCUT2D eigenvalue weighted by molar-refractivity contribution is 14.0. The monoisotopic (exact) mass is 500 g/mol. The summed E-state index contributed by atoms with van der Waals surface area (Å²) in [6.45, 7) is 1.02. The third-order valence-corrected chi connectivity index (χ3v) is 5.82. The van der Waals surface area contributed by atoms with E-state index in [1.54, 1.807) is 19.0 Å². The van der Waals surface area contributed by atoms with Crippen molar-refractivity contribution in [3.8, 4) is 11.5 Å². The van der Waals surface area contributed by atoms with Crippen molar-refractivity contribution in [1.82, 2.24) is 15.5 Å². The molecule has 2 fully saturated rings. The molecule has 7 nitrogen and oxygen atoms in total. The lowest BCUT2D eigenvalue weighted by Gasteiger charge is -2.25. The summed E-state index contributed by atoms with van der Waals surface area (Å²) in [6, 6.07) is 6.34. The molecule has 3 unspecified atom stereocenters. The van der Waals surface area contributed by atoms with E-state index in [9.17, 15) is 4.79 Å². The predicted molar refractivity (Wildman–Crippen MR) is 118 cm³/mol. The zero-order valence-electron chi connectivity index (χ0n) is 16.4. The van der Waals surface area contributed by atoms with E-state index in [1.807, 2.05) is 18.2 Å². The maximum Gasteiger partial charge on any atom is 0.241 e. The quantitative estimate of drug-likeness (QED) is 0.369. The number of hydrogen-bond acceptors (Lipinski definition) is 4. The van der Waals surface area contributed by atoms with E-state index in [2.05, 4.69) is 10.6 Å². The van der Waals surface area contributed by atoms with Gasteiger partial charge in [0.05, 0.1) is 13.1 Å². The number of nitrogens with zero attached hydrogens (tertiary/aromatic N) is 2. The third-order valence-electron chi connectivity index (χ3n) is 5.82. The van der Waals surface area contributed by atoms with E-state index in [0.29, 0.717) is 18.5 Å². The number of halogens is 1. The Hall–Kier alpha value is -1.71. The van der Waals surface area contributed by atoms with Gasteiger partial charge in [-0.1, -0.05) is 12.5 Å². The number of hydrogen-bond donors (Lipinski definition) is 2. The Morgan fingerprint density at radius 1 is 1.21 bits per heavy atom. The van der Waals surface area contributed by atoms with Crippen LogP contribution in [-0.4, -0.2) is 50.2 Å². The van der Waals surface area contributed by atoms with Gasteiger partial charge in [-0.25, -0.2) is 4.99 Å². The summed E-state index contributed by atoms with van der Waals surface area (Å²) in [5.41, 5.74) is 1.05. The summed E-state index contributed by atoms with van der Waals surface area (Å²) in [4.78, 5) is 18.3. The Morgan fingerprint density at radius 3 is 2.75 bits per heavy atom. The number of aliphatic imine (C=N–C) groups is 1. The number of benzene rings is 1. The predicted octanol–water partition coefficient (Wildman–Crippen LogP) is 2.35. The molecule has 1 amide bonds. The molecule has 2 N–H and O–H groups in total. The van der Waals surface area contributed by atoms with Crippen LogP contribution >= 0.6 is 24.0 Å². The Labute approximate surface area is 183 Å². The van der Waals surface area contributed by atoms with E-state index < -0.39 is 0 Å². The second-order valence-corrected chi connectivity index (χ2v) is 7.92. The number of rotatable bonds is 5. The molecule has 28 heavy (non-hydrogen) atoms. The molecule has 2 saturated carbocycles. The number of nitrogens with one attached hydrogen (secondary N) is 2. The first-order valence-electron chi connectivity index (χ1n) is 9.72. The Balaban J connectivity index is 0.00000225. The first kappa shape index (κ1) is 21.0. The molecule has 1 heterocycles. The van der Waals surface area contributed by atoms with Crippen LogP contribution in [-0.2, 0) is 11.3 Å². The highest BCUT2D eigenvalue weighted by atomic mass is 127. The molecule has 0 aromatic heterocycles. The number of carbonyl (C=O) groups is 1. The summed E-state index contributed by atoms with van der Waals surface area (Å²) in [6.07, 6.45) is 5.19. The van der Waals surface area contributed by atoms with Gasteiger partial charge in [-0.2, -0.15) is 0 Å². The van der Waals surface area contributed by atoms with Gasteiger partial charge >= 0.3 is 0 Å². The Morgan fingerprint density at radius 2 is 2.04 bits per heavy atom. The average Bonchev–Trinajstić information content (AvgIpc) is 3.39. The number of ether oxygens (including phenoxy) is 2. The fourth-order valence-electron chi connectivity index (χ4n) is 4.28. The molecule has 3 atom stereocenters. The molecular weight excluding hydrogens is 471 g/mol. The summed E-state index contributed by atoms with van der Waals surface area (Å²) in [5, 5.41) is 6.78. The van der Waals surface area contributed by atoms with E-state index in [1.165, 1.54) is 25.7 Å².